The highest BCUT2D eigenvalue weighted by Gasteiger charge is 2.39. The van der Waals surface area contributed by atoms with Gasteiger partial charge in [-0.05, 0) is 31.2 Å². The predicted octanol–water partition coefficient (Wildman–Crippen LogP) is 1.50. The van der Waals surface area contributed by atoms with Crippen molar-refractivity contribution in [3.63, 3.8) is 0 Å². The summed E-state index contributed by atoms with van der Waals surface area (Å²) in [7, 11) is 1.29. The minimum Gasteiger partial charge on any atom is -0.469 e. The van der Waals surface area contributed by atoms with E-state index in [2.05, 4.69) is 15.0 Å². The summed E-state index contributed by atoms with van der Waals surface area (Å²) in [6.07, 6.45) is -0.110. The number of hydrazone groups is 1. The number of esters is 1. The Labute approximate surface area is 169 Å². The molecule has 3 rings (SSSR count). The maximum absolute atomic E-state index is 13.2. The van der Waals surface area contributed by atoms with E-state index in [4.69, 9.17) is 9.47 Å². The van der Waals surface area contributed by atoms with Crippen molar-refractivity contribution in [3.05, 3.63) is 30.1 Å². The van der Waals surface area contributed by atoms with Gasteiger partial charge >= 0.3 is 5.97 Å². The number of hydrogen-bond donors (Lipinski definition) is 0. The molecule has 2 aliphatic heterocycles. The number of rotatable bonds is 7. The molecule has 2 aliphatic rings. The quantitative estimate of drug-likeness (QED) is 0.508. The molecule has 0 aliphatic carbocycles. The second-order valence-corrected chi connectivity index (χ2v) is 6.88. The summed E-state index contributed by atoms with van der Waals surface area (Å²) >= 11 is 0. The van der Waals surface area contributed by atoms with Gasteiger partial charge in [-0.2, -0.15) is 10.1 Å². The van der Waals surface area contributed by atoms with Crippen molar-refractivity contribution in [1.29, 1.82) is 0 Å². The van der Waals surface area contributed by atoms with Crippen LogP contribution < -0.4 is 5.01 Å². The molecular weight excluding hydrogens is 379 g/mol. The van der Waals surface area contributed by atoms with Crippen LogP contribution in [0.5, 0.6) is 0 Å². The molecule has 2 heterocycles. The number of anilines is 1. The van der Waals surface area contributed by atoms with E-state index in [0.29, 0.717) is 36.9 Å². The van der Waals surface area contributed by atoms with E-state index in [-0.39, 0.29) is 12.3 Å². The lowest BCUT2D eigenvalue weighted by molar-refractivity contribution is -0.139. The molecule has 29 heavy (non-hydrogen) atoms. The van der Waals surface area contributed by atoms with Gasteiger partial charge in [-0.15, -0.1) is 0 Å². The van der Waals surface area contributed by atoms with Gasteiger partial charge in [0.25, 0.3) is 5.91 Å². The molecule has 1 aromatic rings. The second kappa shape index (κ2) is 9.71. The van der Waals surface area contributed by atoms with E-state index in [1.54, 1.807) is 6.92 Å². The Kier molecular flexibility index (Phi) is 7.05. The zero-order chi connectivity index (χ0) is 20.8. The van der Waals surface area contributed by atoms with E-state index in [1.807, 2.05) is 0 Å². The number of ether oxygens (including phenoxy) is 2. The maximum atomic E-state index is 13.2. The average molecular weight is 404 g/mol. The Balaban J connectivity index is 1.75. The zero-order valence-corrected chi connectivity index (χ0v) is 16.6. The van der Waals surface area contributed by atoms with Crippen molar-refractivity contribution in [1.82, 2.24) is 4.90 Å². The molecule has 0 radical (unpaired) electrons. The Morgan fingerprint density at radius 1 is 1.31 bits per heavy atom. The smallest absolute Gasteiger partial charge is 0.311 e. The molecule has 0 bridgehead atoms. The van der Waals surface area contributed by atoms with Gasteiger partial charge in [-0.1, -0.05) is 0 Å². The third-order valence-electron chi connectivity index (χ3n) is 4.94. The van der Waals surface area contributed by atoms with Gasteiger partial charge < -0.3 is 9.47 Å². The first-order chi connectivity index (χ1) is 14.0. The summed E-state index contributed by atoms with van der Waals surface area (Å²) in [6, 6.07) is 5.46. The Bertz CT molecular complexity index is 803. The highest BCUT2D eigenvalue weighted by atomic mass is 19.1. The molecule has 1 atom stereocenters. The van der Waals surface area contributed by atoms with Crippen LogP contribution in [0.3, 0.4) is 0 Å². The van der Waals surface area contributed by atoms with Crippen LogP contribution in [0, 0.1) is 11.7 Å². The van der Waals surface area contributed by atoms with Gasteiger partial charge in [0.2, 0.25) is 0 Å². The Hall–Kier alpha value is -2.65. The molecule has 0 N–H and O–H groups in total. The Morgan fingerprint density at radius 3 is 2.66 bits per heavy atom. The fourth-order valence-electron chi connectivity index (χ4n) is 3.33. The van der Waals surface area contributed by atoms with Crippen molar-refractivity contribution >= 4 is 29.0 Å². The minimum absolute atomic E-state index is 0.110. The third kappa shape index (κ3) is 5.24. The van der Waals surface area contributed by atoms with Crippen LogP contribution in [-0.4, -0.2) is 74.7 Å². The summed E-state index contributed by atoms with van der Waals surface area (Å²) in [5.41, 5.74) is 1.40. The van der Waals surface area contributed by atoms with Gasteiger partial charge in [0.15, 0.2) is 0 Å². The lowest BCUT2D eigenvalue weighted by Crippen LogP contribution is -2.38. The van der Waals surface area contributed by atoms with Crippen LogP contribution in [0.4, 0.5) is 10.1 Å². The number of carbonyl (C=O) groups excluding carboxylic acids is 2. The van der Waals surface area contributed by atoms with Crippen LogP contribution >= 0.6 is 0 Å². The van der Waals surface area contributed by atoms with Crippen LogP contribution in [0.15, 0.2) is 34.4 Å². The average Bonchev–Trinajstić information content (AvgIpc) is 3.05. The molecule has 1 fully saturated rings. The predicted molar refractivity (Wildman–Crippen MR) is 107 cm³/mol. The van der Waals surface area contributed by atoms with E-state index in [1.165, 1.54) is 36.4 Å². The summed E-state index contributed by atoms with van der Waals surface area (Å²) in [6.45, 7) is 6.24. The number of benzene rings is 1. The fourth-order valence-corrected chi connectivity index (χ4v) is 3.33. The van der Waals surface area contributed by atoms with E-state index >= 15 is 0 Å². The molecular formula is C20H25FN4O4. The molecule has 1 unspecified atom stereocenters. The number of aliphatic imine (C=N–C) groups is 1. The molecule has 1 amide bonds. The second-order valence-electron chi connectivity index (χ2n) is 6.88. The number of amides is 1. The standard InChI is InChI=1S/C20H25FN4O4/c1-14(22-7-8-24-9-11-29-12-10-24)19-17(13-18(26)28-2)23-25(20(19)27)16-5-3-15(21)4-6-16/h3-6,19H,7-13H2,1-2H3. The SMILES string of the molecule is COC(=O)CC1=NN(c2ccc(F)cc2)C(=O)C1C(C)=NCCN1CCOCC1. The maximum Gasteiger partial charge on any atom is 0.311 e. The number of methoxy groups -OCH3 is 1. The monoisotopic (exact) mass is 404 g/mol. The fraction of sp³-hybridized carbons (Fsp3) is 0.500. The largest absolute Gasteiger partial charge is 0.469 e. The number of morpholine rings is 1. The van der Waals surface area contributed by atoms with Crippen LogP contribution in [0.1, 0.15) is 13.3 Å². The van der Waals surface area contributed by atoms with Gasteiger partial charge in [-0.3, -0.25) is 19.5 Å². The molecule has 9 heteroatoms. The molecule has 0 saturated carbocycles. The van der Waals surface area contributed by atoms with Gasteiger partial charge in [-0.25, -0.2) is 4.39 Å². The molecule has 156 valence electrons. The number of halogens is 1. The Morgan fingerprint density at radius 2 is 2.00 bits per heavy atom. The molecule has 0 aromatic heterocycles. The van der Waals surface area contributed by atoms with Crippen molar-refractivity contribution < 1.29 is 23.5 Å². The molecule has 1 saturated heterocycles. The van der Waals surface area contributed by atoms with E-state index in [0.717, 1.165) is 19.6 Å². The summed E-state index contributed by atoms with van der Waals surface area (Å²) in [5, 5.41) is 5.52. The molecule has 0 spiro atoms. The molecule has 8 nitrogen and oxygen atoms in total. The molecule has 1 aromatic carbocycles. The van der Waals surface area contributed by atoms with E-state index in [9.17, 15) is 14.0 Å². The number of nitrogens with zero attached hydrogens (tertiary/aromatic N) is 4. The van der Waals surface area contributed by atoms with Crippen molar-refractivity contribution in [2.45, 2.75) is 13.3 Å². The van der Waals surface area contributed by atoms with Gasteiger partial charge in [0.05, 0.1) is 44.7 Å². The van der Waals surface area contributed by atoms with Crippen LogP contribution in [-0.2, 0) is 19.1 Å². The first-order valence-corrected chi connectivity index (χ1v) is 9.54. The first kappa shape index (κ1) is 21.1. The number of hydrogen-bond acceptors (Lipinski definition) is 7. The third-order valence-corrected chi connectivity index (χ3v) is 4.94. The van der Waals surface area contributed by atoms with Crippen molar-refractivity contribution in [2.75, 3.05) is 51.5 Å². The normalized spacial score (nSPS) is 20.7. The van der Waals surface area contributed by atoms with Crippen LogP contribution in [0.25, 0.3) is 0 Å². The highest BCUT2D eigenvalue weighted by Crippen LogP contribution is 2.26. The summed E-state index contributed by atoms with van der Waals surface area (Å²) in [5.74, 6) is -1.94. The van der Waals surface area contributed by atoms with Gasteiger partial charge in [0, 0.05) is 25.3 Å². The number of carbonyl (C=O) groups is 2. The lowest BCUT2D eigenvalue weighted by Gasteiger charge is -2.25. The topological polar surface area (TPSA) is 83.8 Å². The van der Waals surface area contributed by atoms with Crippen molar-refractivity contribution in [2.24, 2.45) is 16.0 Å². The highest BCUT2D eigenvalue weighted by molar-refractivity contribution is 6.30. The zero-order valence-electron chi connectivity index (χ0n) is 16.6. The van der Waals surface area contributed by atoms with Crippen molar-refractivity contribution in [3.8, 4) is 0 Å². The first-order valence-electron chi connectivity index (χ1n) is 9.54. The summed E-state index contributed by atoms with van der Waals surface area (Å²) < 4.78 is 23.3. The van der Waals surface area contributed by atoms with E-state index < -0.39 is 17.7 Å². The van der Waals surface area contributed by atoms with Gasteiger partial charge in [0.1, 0.15) is 11.7 Å². The van der Waals surface area contributed by atoms with Crippen LogP contribution in [0.2, 0.25) is 0 Å². The minimum atomic E-state index is -0.733. The lowest BCUT2D eigenvalue weighted by atomic mass is 9.96. The summed E-state index contributed by atoms with van der Waals surface area (Å²) in [4.78, 5) is 31.7.